The van der Waals surface area contributed by atoms with Crippen molar-refractivity contribution in [2.45, 2.75) is 25.2 Å². The van der Waals surface area contributed by atoms with Crippen molar-refractivity contribution >= 4 is 17.0 Å². The summed E-state index contributed by atoms with van der Waals surface area (Å²) in [4.78, 5) is 22.3. The predicted octanol–water partition coefficient (Wildman–Crippen LogP) is 1.11. The number of aryl methyl sites for hydroxylation is 1. The van der Waals surface area contributed by atoms with E-state index in [0.717, 1.165) is 22.8 Å². The number of imidazole rings is 1. The van der Waals surface area contributed by atoms with Crippen LogP contribution in [0.2, 0.25) is 0 Å². The van der Waals surface area contributed by atoms with Crippen LogP contribution < -0.4 is 9.64 Å². The van der Waals surface area contributed by atoms with Gasteiger partial charge in [-0.1, -0.05) is 0 Å². The summed E-state index contributed by atoms with van der Waals surface area (Å²) in [5.74, 6) is 1.56. The zero-order valence-corrected chi connectivity index (χ0v) is 14.9. The van der Waals surface area contributed by atoms with Crippen LogP contribution in [0.1, 0.15) is 5.69 Å². The number of pyridine rings is 1. The van der Waals surface area contributed by atoms with Crippen molar-refractivity contribution in [3.8, 4) is 5.75 Å². The molecule has 0 unspecified atom stereocenters. The Bertz CT molecular complexity index is 914. The van der Waals surface area contributed by atoms with Crippen LogP contribution in [-0.2, 0) is 9.47 Å². The van der Waals surface area contributed by atoms with Crippen molar-refractivity contribution in [3.63, 3.8) is 0 Å². The first-order chi connectivity index (χ1) is 13.3. The second kappa shape index (κ2) is 6.75. The molecule has 3 aromatic rings. The van der Waals surface area contributed by atoms with Crippen LogP contribution in [0.4, 0.5) is 5.82 Å². The summed E-state index contributed by atoms with van der Waals surface area (Å²) in [6.07, 6.45) is 4.70. The lowest BCUT2D eigenvalue weighted by Gasteiger charge is -2.20. The fourth-order valence-electron chi connectivity index (χ4n) is 3.52. The van der Waals surface area contributed by atoms with Crippen LogP contribution >= 0.6 is 0 Å². The maximum Gasteiger partial charge on any atom is 0.182 e. The smallest absolute Gasteiger partial charge is 0.182 e. The van der Waals surface area contributed by atoms with E-state index in [1.807, 2.05) is 19.1 Å². The lowest BCUT2D eigenvalue weighted by Crippen LogP contribution is -2.30. The first-order valence-corrected chi connectivity index (χ1v) is 8.98. The van der Waals surface area contributed by atoms with Crippen LogP contribution in [0.3, 0.4) is 0 Å². The van der Waals surface area contributed by atoms with Gasteiger partial charge in [-0.25, -0.2) is 15.0 Å². The average Bonchev–Trinajstić information content (AvgIpc) is 3.28. The van der Waals surface area contributed by atoms with E-state index in [9.17, 15) is 0 Å². The summed E-state index contributed by atoms with van der Waals surface area (Å²) >= 11 is 0. The molecular formula is C18H20N6O3. The Morgan fingerprint density at radius 2 is 1.89 bits per heavy atom. The summed E-state index contributed by atoms with van der Waals surface area (Å²) in [5, 5.41) is 0. The first-order valence-electron chi connectivity index (χ1n) is 8.98. The third kappa shape index (κ3) is 3.19. The molecule has 5 rings (SSSR count). The van der Waals surface area contributed by atoms with E-state index in [2.05, 4.69) is 29.8 Å². The monoisotopic (exact) mass is 368 g/mol. The Balaban J connectivity index is 1.25. The number of anilines is 1. The van der Waals surface area contributed by atoms with Crippen LogP contribution in [0.15, 0.2) is 31.0 Å². The predicted molar refractivity (Wildman–Crippen MR) is 96.8 cm³/mol. The van der Waals surface area contributed by atoms with E-state index < -0.39 is 0 Å². The maximum atomic E-state index is 6.10. The van der Waals surface area contributed by atoms with Gasteiger partial charge >= 0.3 is 0 Å². The van der Waals surface area contributed by atoms with Crippen LogP contribution in [0, 0.1) is 6.92 Å². The van der Waals surface area contributed by atoms with Crippen LogP contribution in [0.25, 0.3) is 11.2 Å². The fraction of sp³-hybridized carbons (Fsp3) is 0.444. The molecule has 27 heavy (non-hydrogen) atoms. The SMILES string of the molecule is Cc1ccc(OC2CO[C@H]3CN(c4ncnc5nc[nH]c45)C[C@@H]3OC2)cn1. The Morgan fingerprint density at radius 3 is 2.63 bits per heavy atom. The molecule has 2 atom stereocenters. The molecule has 0 aromatic carbocycles. The molecule has 0 spiro atoms. The third-order valence-corrected chi connectivity index (χ3v) is 4.90. The standard InChI is InChI=1S/C18H20N6O3/c1-11-2-3-12(4-19-11)27-13-7-25-14-5-24(6-15(14)26-8-13)18-16-17(21-9-20-16)22-10-23-18/h2-4,9-10,13-15H,5-8H2,1H3,(H,20,21,22,23)/t14-,15-/m0/s1. The minimum Gasteiger partial charge on any atom is -0.484 e. The van der Waals surface area contributed by atoms with Crippen molar-refractivity contribution in [3.05, 3.63) is 36.7 Å². The third-order valence-electron chi connectivity index (χ3n) is 4.90. The van der Waals surface area contributed by atoms with Gasteiger partial charge in [-0.3, -0.25) is 4.98 Å². The van der Waals surface area contributed by atoms with Gasteiger partial charge in [-0.2, -0.15) is 0 Å². The minimum atomic E-state index is -0.146. The minimum absolute atomic E-state index is 0.0253. The lowest BCUT2D eigenvalue weighted by atomic mass is 10.3. The van der Waals surface area contributed by atoms with Crippen LogP contribution in [0.5, 0.6) is 5.75 Å². The van der Waals surface area contributed by atoms with Gasteiger partial charge in [0.2, 0.25) is 0 Å². The summed E-state index contributed by atoms with van der Waals surface area (Å²) in [7, 11) is 0. The highest BCUT2D eigenvalue weighted by atomic mass is 16.6. The van der Waals surface area contributed by atoms with Crippen molar-refractivity contribution < 1.29 is 14.2 Å². The van der Waals surface area contributed by atoms with E-state index in [1.54, 1.807) is 12.5 Å². The number of aromatic nitrogens is 5. The highest BCUT2D eigenvalue weighted by molar-refractivity contribution is 5.82. The van der Waals surface area contributed by atoms with Gasteiger partial charge in [-0.05, 0) is 19.1 Å². The molecule has 2 fully saturated rings. The summed E-state index contributed by atoms with van der Waals surface area (Å²) in [6, 6.07) is 3.85. The topological polar surface area (TPSA) is 98.3 Å². The number of hydrogen-bond donors (Lipinski definition) is 1. The molecule has 9 nitrogen and oxygen atoms in total. The molecule has 2 aliphatic heterocycles. The Morgan fingerprint density at radius 1 is 1.07 bits per heavy atom. The quantitative estimate of drug-likeness (QED) is 0.734. The number of ether oxygens (including phenoxy) is 3. The number of fused-ring (bicyclic) bond motifs is 2. The van der Waals surface area contributed by atoms with E-state index in [-0.39, 0.29) is 18.3 Å². The van der Waals surface area contributed by atoms with Crippen molar-refractivity contribution in [2.75, 3.05) is 31.2 Å². The summed E-state index contributed by atoms with van der Waals surface area (Å²) < 4.78 is 18.2. The lowest BCUT2D eigenvalue weighted by molar-refractivity contribution is -0.00461. The van der Waals surface area contributed by atoms with Crippen molar-refractivity contribution in [1.82, 2.24) is 24.9 Å². The van der Waals surface area contributed by atoms with E-state index in [4.69, 9.17) is 14.2 Å². The number of hydrogen-bond acceptors (Lipinski definition) is 8. The van der Waals surface area contributed by atoms with E-state index in [0.29, 0.717) is 32.0 Å². The molecule has 0 aliphatic carbocycles. The van der Waals surface area contributed by atoms with Crippen molar-refractivity contribution in [2.24, 2.45) is 0 Å². The number of H-pyrrole nitrogens is 1. The maximum absolute atomic E-state index is 6.10. The Hall–Kier alpha value is -2.78. The van der Waals surface area contributed by atoms with Crippen LogP contribution in [-0.4, -0.2) is 69.5 Å². The average molecular weight is 368 g/mol. The molecule has 3 aromatic heterocycles. The van der Waals surface area contributed by atoms with Gasteiger partial charge in [0.25, 0.3) is 0 Å². The van der Waals surface area contributed by atoms with Gasteiger partial charge in [0, 0.05) is 18.8 Å². The number of nitrogens with zero attached hydrogens (tertiary/aromatic N) is 5. The van der Waals surface area contributed by atoms with E-state index >= 15 is 0 Å². The molecule has 0 bridgehead atoms. The first kappa shape index (κ1) is 16.4. The van der Waals surface area contributed by atoms with Gasteiger partial charge in [-0.15, -0.1) is 0 Å². The number of aromatic amines is 1. The molecule has 140 valence electrons. The Labute approximate surface area is 155 Å². The zero-order valence-electron chi connectivity index (χ0n) is 14.9. The molecule has 2 saturated heterocycles. The van der Waals surface area contributed by atoms with Gasteiger partial charge < -0.3 is 24.1 Å². The molecule has 0 amide bonds. The molecule has 9 heteroatoms. The van der Waals surface area contributed by atoms with Crippen molar-refractivity contribution in [1.29, 1.82) is 0 Å². The van der Waals surface area contributed by atoms with Gasteiger partial charge in [0.1, 0.15) is 35.9 Å². The second-order valence-corrected chi connectivity index (χ2v) is 6.82. The summed E-state index contributed by atoms with van der Waals surface area (Å²) in [5.41, 5.74) is 2.46. The molecule has 0 radical (unpaired) electrons. The van der Waals surface area contributed by atoms with Gasteiger partial charge in [0.05, 0.1) is 25.7 Å². The fourth-order valence-corrected chi connectivity index (χ4v) is 3.52. The number of nitrogens with one attached hydrogen (secondary N) is 1. The van der Waals surface area contributed by atoms with Gasteiger partial charge in [0.15, 0.2) is 11.5 Å². The van der Waals surface area contributed by atoms with E-state index in [1.165, 1.54) is 6.33 Å². The zero-order chi connectivity index (χ0) is 18.2. The number of rotatable bonds is 3. The highest BCUT2D eigenvalue weighted by Crippen LogP contribution is 2.28. The highest BCUT2D eigenvalue weighted by Gasteiger charge is 2.39. The second-order valence-electron chi connectivity index (χ2n) is 6.82. The molecule has 2 aliphatic rings. The Kier molecular flexibility index (Phi) is 4.10. The largest absolute Gasteiger partial charge is 0.484 e. The molecule has 0 saturated carbocycles. The molecule has 1 N–H and O–H groups in total. The molecule has 5 heterocycles. The summed E-state index contributed by atoms with van der Waals surface area (Å²) in [6.45, 7) is 4.31. The normalized spacial score (nSPS) is 23.4. The molecular weight excluding hydrogens is 348 g/mol.